The molecule has 0 radical (unpaired) electrons. The lowest BCUT2D eigenvalue weighted by Crippen LogP contribution is -2.21. The first-order chi connectivity index (χ1) is 9.79. The number of aliphatic hydroxyl groups excluding tert-OH is 1. The second-order valence-electron chi connectivity index (χ2n) is 6.23. The van der Waals surface area contributed by atoms with E-state index in [1.807, 2.05) is 45.0 Å². The van der Waals surface area contributed by atoms with Gasteiger partial charge >= 0.3 is 0 Å². The van der Waals surface area contributed by atoms with E-state index in [9.17, 15) is 10.2 Å². The fourth-order valence-corrected chi connectivity index (χ4v) is 3.67. The van der Waals surface area contributed by atoms with Gasteiger partial charge in [-0.05, 0) is 72.7 Å². The SMILES string of the molecule is Cc1cc(-c2ccc3c(c2)CC(C)(Br)C3O)cc(C)c1O. The van der Waals surface area contributed by atoms with Crippen molar-refractivity contribution in [2.24, 2.45) is 0 Å². The number of hydrogen-bond donors (Lipinski definition) is 2. The van der Waals surface area contributed by atoms with Crippen molar-refractivity contribution in [3.63, 3.8) is 0 Å². The quantitative estimate of drug-likeness (QED) is 0.750. The Balaban J connectivity index is 2.08. The van der Waals surface area contributed by atoms with Gasteiger partial charge < -0.3 is 10.2 Å². The summed E-state index contributed by atoms with van der Waals surface area (Å²) in [4.78, 5) is 0. The van der Waals surface area contributed by atoms with E-state index >= 15 is 0 Å². The average molecular weight is 347 g/mol. The molecule has 1 aliphatic rings. The van der Waals surface area contributed by atoms with E-state index in [2.05, 4.69) is 22.0 Å². The Morgan fingerprint density at radius 1 is 1.10 bits per heavy atom. The van der Waals surface area contributed by atoms with E-state index < -0.39 is 6.10 Å². The minimum absolute atomic E-state index is 0.283. The van der Waals surface area contributed by atoms with Crippen molar-refractivity contribution in [3.8, 4) is 16.9 Å². The zero-order valence-corrected chi connectivity index (χ0v) is 14.0. The molecule has 0 amide bonds. The molecule has 0 spiro atoms. The first kappa shape index (κ1) is 14.6. The summed E-state index contributed by atoms with van der Waals surface area (Å²) in [6.07, 6.45) is 0.345. The number of phenolic OH excluding ortho intramolecular Hbond substituents is 1. The molecule has 0 aromatic heterocycles. The normalized spacial score (nSPS) is 24.1. The van der Waals surface area contributed by atoms with Crippen LogP contribution in [-0.4, -0.2) is 14.5 Å². The molecule has 0 saturated heterocycles. The summed E-state index contributed by atoms with van der Waals surface area (Å²) in [6, 6.07) is 10.2. The second-order valence-corrected chi connectivity index (χ2v) is 8.04. The maximum absolute atomic E-state index is 10.3. The van der Waals surface area contributed by atoms with Gasteiger partial charge in [0.15, 0.2) is 0 Å². The van der Waals surface area contributed by atoms with Gasteiger partial charge in [0.1, 0.15) is 5.75 Å². The van der Waals surface area contributed by atoms with Crippen molar-refractivity contribution in [2.45, 2.75) is 37.6 Å². The molecule has 21 heavy (non-hydrogen) atoms. The maximum Gasteiger partial charge on any atom is 0.121 e. The van der Waals surface area contributed by atoms with E-state index in [-0.39, 0.29) is 4.32 Å². The number of hydrogen-bond acceptors (Lipinski definition) is 2. The van der Waals surface area contributed by atoms with Crippen molar-refractivity contribution in [1.29, 1.82) is 0 Å². The minimum Gasteiger partial charge on any atom is -0.507 e. The summed E-state index contributed by atoms with van der Waals surface area (Å²) >= 11 is 3.62. The Bertz CT molecular complexity index is 696. The van der Waals surface area contributed by atoms with Crippen molar-refractivity contribution >= 4 is 15.9 Å². The molecular weight excluding hydrogens is 328 g/mol. The van der Waals surface area contributed by atoms with Crippen LogP contribution in [0.1, 0.15) is 35.3 Å². The molecule has 0 fully saturated rings. The van der Waals surface area contributed by atoms with E-state index in [0.29, 0.717) is 5.75 Å². The Morgan fingerprint density at radius 2 is 1.71 bits per heavy atom. The largest absolute Gasteiger partial charge is 0.507 e. The van der Waals surface area contributed by atoms with Crippen LogP contribution in [0.15, 0.2) is 30.3 Å². The second kappa shape index (κ2) is 4.85. The molecule has 2 N–H and O–H groups in total. The van der Waals surface area contributed by atoms with Gasteiger partial charge in [-0.15, -0.1) is 0 Å². The molecular formula is C18H19BrO2. The number of rotatable bonds is 1. The zero-order chi connectivity index (χ0) is 15.4. The molecule has 2 aromatic rings. The van der Waals surface area contributed by atoms with Crippen LogP contribution < -0.4 is 0 Å². The van der Waals surface area contributed by atoms with Crippen LogP contribution in [0.25, 0.3) is 11.1 Å². The average Bonchev–Trinajstić information content (AvgIpc) is 2.65. The molecule has 0 bridgehead atoms. The molecule has 3 heteroatoms. The summed E-state index contributed by atoms with van der Waals surface area (Å²) in [6.45, 7) is 5.85. The fraction of sp³-hybridized carbons (Fsp3) is 0.333. The number of aromatic hydroxyl groups is 1. The van der Waals surface area contributed by atoms with Crippen LogP contribution in [0.2, 0.25) is 0 Å². The monoisotopic (exact) mass is 346 g/mol. The first-order valence-electron chi connectivity index (χ1n) is 7.10. The summed E-state index contributed by atoms with van der Waals surface area (Å²) in [7, 11) is 0. The van der Waals surface area contributed by atoms with Gasteiger partial charge in [-0.2, -0.15) is 0 Å². The fourth-order valence-electron chi connectivity index (χ4n) is 3.12. The van der Waals surface area contributed by atoms with Crippen LogP contribution in [0.3, 0.4) is 0 Å². The van der Waals surface area contributed by atoms with Gasteiger partial charge in [0, 0.05) is 0 Å². The van der Waals surface area contributed by atoms with Gasteiger partial charge in [-0.1, -0.05) is 34.1 Å². The Labute approximate surface area is 133 Å². The van der Waals surface area contributed by atoms with Crippen LogP contribution in [-0.2, 0) is 6.42 Å². The van der Waals surface area contributed by atoms with Crippen LogP contribution in [0.5, 0.6) is 5.75 Å². The lowest BCUT2D eigenvalue weighted by molar-refractivity contribution is 0.153. The third-order valence-electron chi connectivity index (χ3n) is 4.37. The Hall–Kier alpha value is -1.32. The molecule has 1 aliphatic carbocycles. The predicted molar refractivity (Wildman–Crippen MR) is 89.0 cm³/mol. The highest BCUT2D eigenvalue weighted by Gasteiger charge is 2.39. The molecule has 0 heterocycles. The van der Waals surface area contributed by atoms with Gasteiger partial charge in [-0.25, -0.2) is 0 Å². The number of benzene rings is 2. The van der Waals surface area contributed by atoms with Crippen LogP contribution in [0.4, 0.5) is 0 Å². The van der Waals surface area contributed by atoms with Crippen molar-refractivity contribution in [2.75, 3.05) is 0 Å². The van der Waals surface area contributed by atoms with Crippen molar-refractivity contribution < 1.29 is 10.2 Å². The Morgan fingerprint density at radius 3 is 2.33 bits per heavy atom. The van der Waals surface area contributed by atoms with Crippen LogP contribution >= 0.6 is 15.9 Å². The summed E-state index contributed by atoms with van der Waals surface area (Å²) in [5.74, 6) is 0.364. The number of aliphatic hydroxyl groups is 1. The minimum atomic E-state index is -0.468. The number of aryl methyl sites for hydroxylation is 2. The van der Waals surface area contributed by atoms with Gasteiger partial charge in [0.25, 0.3) is 0 Å². The highest BCUT2D eigenvalue weighted by Crippen LogP contribution is 2.45. The summed E-state index contributed by atoms with van der Waals surface area (Å²) in [5.41, 5.74) is 6.18. The number of phenols is 1. The smallest absolute Gasteiger partial charge is 0.121 e. The molecule has 3 rings (SSSR count). The number of halogens is 1. The van der Waals surface area contributed by atoms with E-state index in [0.717, 1.165) is 34.2 Å². The maximum atomic E-state index is 10.3. The zero-order valence-electron chi connectivity index (χ0n) is 12.4. The summed E-state index contributed by atoms with van der Waals surface area (Å²) < 4.78 is -0.283. The predicted octanol–water partition coefficient (Wildman–Crippen LogP) is 4.42. The molecule has 2 aromatic carbocycles. The lowest BCUT2D eigenvalue weighted by atomic mass is 9.97. The van der Waals surface area contributed by atoms with E-state index in [1.54, 1.807) is 0 Å². The van der Waals surface area contributed by atoms with Gasteiger partial charge in [0.05, 0.1) is 10.4 Å². The third-order valence-corrected chi connectivity index (χ3v) is 5.08. The van der Waals surface area contributed by atoms with Crippen molar-refractivity contribution in [1.82, 2.24) is 0 Å². The van der Waals surface area contributed by atoms with Crippen molar-refractivity contribution in [3.05, 3.63) is 52.6 Å². The molecule has 2 nitrogen and oxygen atoms in total. The topological polar surface area (TPSA) is 40.5 Å². The number of fused-ring (bicyclic) bond motifs is 1. The van der Waals surface area contributed by atoms with Gasteiger partial charge in [-0.3, -0.25) is 0 Å². The highest BCUT2D eigenvalue weighted by molar-refractivity contribution is 9.10. The van der Waals surface area contributed by atoms with Crippen LogP contribution in [0, 0.1) is 13.8 Å². The first-order valence-corrected chi connectivity index (χ1v) is 7.89. The van der Waals surface area contributed by atoms with Gasteiger partial charge in [0.2, 0.25) is 0 Å². The molecule has 110 valence electrons. The molecule has 2 unspecified atom stereocenters. The molecule has 2 atom stereocenters. The lowest BCUT2D eigenvalue weighted by Gasteiger charge is -2.19. The standard InChI is InChI=1S/C18H19BrO2/c1-10-6-13(7-11(2)16(10)20)12-4-5-15-14(8-12)9-18(3,19)17(15)21/h4-8,17,20-21H,9H2,1-3H3. The molecule has 0 aliphatic heterocycles. The molecule has 0 saturated carbocycles. The van der Waals surface area contributed by atoms with E-state index in [1.165, 1.54) is 5.56 Å². The summed E-state index contributed by atoms with van der Waals surface area (Å²) in [5, 5.41) is 20.2. The number of alkyl halides is 1. The highest BCUT2D eigenvalue weighted by atomic mass is 79.9. The Kier molecular flexibility index (Phi) is 3.38. The van der Waals surface area contributed by atoms with E-state index in [4.69, 9.17) is 0 Å². The third kappa shape index (κ3) is 2.39.